The molecule has 7 heteroatoms. The van der Waals surface area contributed by atoms with Crippen LogP contribution in [0.15, 0.2) is 43.0 Å². The van der Waals surface area contributed by atoms with Gasteiger partial charge in [-0.05, 0) is 13.0 Å². The number of aromatic nitrogens is 5. The second-order valence-electron chi connectivity index (χ2n) is 4.23. The number of carbonyl (C=O) groups is 1. The van der Waals surface area contributed by atoms with Crippen LogP contribution in [0.4, 0.5) is 0 Å². The number of imidazole rings is 1. The third kappa shape index (κ3) is 2.40. The molecular formula is C14H13N5O2. The van der Waals surface area contributed by atoms with E-state index in [9.17, 15) is 4.79 Å². The highest BCUT2D eigenvalue weighted by Gasteiger charge is 2.21. The van der Waals surface area contributed by atoms with Gasteiger partial charge in [-0.1, -0.05) is 18.2 Å². The van der Waals surface area contributed by atoms with Crippen molar-refractivity contribution in [2.45, 2.75) is 6.92 Å². The monoisotopic (exact) mass is 283 g/mol. The molecule has 0 radical (unpaired) electrons. The molecule has 1 N–H and O–H groups in total. The summed E-state index contributed by atoms with van der Waals surface area (Å²) in [7, 11) is 0. The third-order valence-corrected chi connectivity index (χ3v) is 2.96. The Morgan fingerprint density at radius 1 is 1.33 bits per heavy atom. The van der Waals surface area contributed by atoms with Gasteiger partial charge in [0.1, 0.15) is 5.69 Å². The Hall–Kier alpha value is -2.96. The van der Waals surface area contributed by atoms with Crippen molar-refractivity contribution in [3.63, 3.8) is 0 Å². The first kappa shape index (κ1) is 13.0. The first-order valence-corrected chi connectivity index (χ1v) is 6.47. The van der Waals surface area contributed by atoms with E-state index in [1.165, 1.54) is 0 Å². The number of H-pyrrole nitrogens is 1. The lowest BCUT2D eigenvalue weighted by molar-refractivity contribution is 0.0520. The molecule has 0 aliphatic rings. The molecule has 0 amide bonds. The molecule has 0 aliphatic heterocycles. The summed E-state index contributed by atoms with van der Waals surface area (Å²) < 4.78 is 6.84. The van der Waals surface area contributed by atoms with Gasteiger partial charge in [0.25, 0.3) is 0 Å². The number of nitrogens with zero attached hydrogens (tertiary/aromatic N) is 4. The van der Waals surface area contributed by atoms with Gasteiger partial charge >= 0.3 is 5.97 Å². The number of nitrogens with one attached hydrogen (secondary N) is 1. The summed E-state index contributed by atoms with van der Waals surface area (Å²) in [5.74, 6) is -0.498. The van der Waals surface area contributed by atoms with Crippen molar-refractivity contribution >= 4 is 5.97 Å². The van der Waals surface area contributed by atoms with Crippen LogP contribution in [0.1, 0.15) is 17.4 Å². The van der Waals surface area contributed by atoms with E-state index in [0.29, 0.717) is 5.69 Å². The van der Waals surface area contributed by atoms with Crippen LogP contribution >= 0.6 is 0 Å². The van der Waals surface area contributed by atoms with Gasteiger partial charge in [-0.25, -0.2) is 9.78 Å². The number of hydrogen-bond donors (Lipinski definition) is 1. The van der Waals surface area contributed by atoms with Gasteiger partial charge in [0.2, 0.25) is 0 Å². The van der Waals surface area contributed by atoms with Gasteiger partial charge in [0.15, 0.2) is 5.69 Å². The fourth-order valence-electron chi connectivity index (χ4n) is 2.06. The minimum atomic E-state index is -0.498. The molecule has 0 bridgehead atoms. The number of para-hydroxylation sites is 1. The summed E-state index contributed by atoms with van der Waals surface area (Å²) in [4.78, 5) is 16.0. The summed E-state index contributed by atoms with van der Waals surface area (Å²) in [6.07, 6.45) is 5.19. The van der Waals surface area contributed by atoms with Gasteiger partial charge < -0.3 is 9.30 Å². The first-order chi connectivity index (χ1) is 10.3. The Bertz CT molecular complexity index is 748. The Morgan fingerprint density at radius 3 is 2.95 bits per heavy atom. The molecule has 0 atom stereocenters. The van der Waals surface area contributed by atoms with Crippen molar-refractivity contribution in [3.8, 4) is 16.9 Å². The molecule has 0 spiro atoms. The van der Waals surface area contributed by atoms with E-state index in [-0.39, 0.29) is 12.3 Å². The number of ether oxygens (including phenoxy) is 1. The zero-order valence-electron chi connectivity index (χ0n) is 11.4. The van der Waals surface area contributed by atoms with Gasteiger partial charge in [-0.3, -0.25) is 0 Å². The predicted octanol–water partition coefficient (Wildman–Crippen LogP) is 1.83. The zero-order valence-corrected chi connectivity index (χ0v) is 11.4. The number of benzene rings is 1. The van der Waals surface area contributed by atoms with E-state index < -0.39 is 5.97 Å². The fraction of sp³-hybridized carbons (Fsp3) is 0.143. The molecular weight excluding hydrogens is 270 g/mol. The summed E-state index contributed by atoms with van der Waals surface area (Å²) in [5, 5.41) is 10.5. The van der Waals surface area contributed by atoms with Crippen molar-refractivity contribution in [2.24, 2.45) is 0 Å². The quantitative estimate of drug-likeness (QED) is 0.738. The van der Waals surface area contributed by atoms with Gasteiger partial charge in [0.05, 0.1) is 18.6 Å². The minimum absolute atomic E-state index is 0.171. The van der Waals surface area contributed by atoms with Crippen LogP contribution in [0.2, 0.25) is 0 Å². The zero-order chi connectivity index (χ0) is 14.7. The van der Waals surface area contributed by atoms with Crippen LogP contribution in [-0.4, -0.2) is 37.5 Å². The standard InChI is InChI=1S/C14H13N5O2/c1-2-21-14(20)13-12(16-18-17-13)10-5-3-4-6-11(10)19-8-7-15-9-19/h3-9H,2H2,1H3,(H,16,17,18). The van der Waals surface area contributed by atoms with Crippen LogP contribution in [0.25, 0.3) is 16.9 Å². The largest absolute Gasteiger partial charge is 0.461 e. The highest BCUT2D eigenvalue weighted by molar-refractivity contribution is 5.95. The Morgan fingerprint density at radius 2 is 2.19 bits per heavy atom. The number of aromatic amines is 1. The van der Waals surface area contributed by atoms with E-state index in [1.54, 1.807) is 19.4 Å². The smallest absolute Gasteiger partial charge is 0.361 e. The van der Waals surface area contributed by atoms with Crippen LogP contribution in [0.3, 0.4) is 0 Å². The first-order valence-electron chi connectivity index (χ1n) is 6.47. The molecule has 7 nitrogen and oxygen atoms in total. The average molecular weight is 283 g/mol. The summed E-state index contributed by atoms with van der Waals surface area (Å²) in [6, 6.07) is 7.57. The number of esters is 1. The summed E-state index contributed by atoms with van der Waals surface area (Å²) in [5.41, 5.74) is 2.25. The van der Waals surface area contributed by atoms with E-state index in [2.05, 4.69) is 20.4 Å². The fourth-order valence-corrected chi connectivity index (χ4v) is 2.06. The van der Waals surface area contributed by atoms with Crippen molar-refractivity contribution in [2.75, 3.05) is 6.61 Å². The molecule has 0 unspecified atom stereocenters. The molecule has 1 aromatic carbocycles. The van der Waals surface area contributed by atoms with E-state index in [4.69, 9.17) is 4.74 Å². The predicted molar refractivity (Wildman–Crippen MR) is 74.9 cm³/mol. The molecule has 2 heterocycles. The highest BCUT2D eigenvalue weighted by atomic mass is 16.5. The summed E-state index contributed by atoms with van der Waals surface area (Å²) >= 11 is 0. The van der Waals surface area contributed by atoms with Crippen molar-refractivity contribution in [3.05, 3.63) is 48.7 Å². The van der Waals surface area contributed by atoms with Crippen molar-refractivity contribution in [1.29, 1.82) is 0 Å². The lowest BCUT2D eigenvalue weighted by Gasteiger charge is -2.08. The van der Waals surface area contributed by atoms with Crippen LogP contribution in [0, 0.1) is 0 Å². The summed E-state index contributed by atoms with van der Waals surface area (Å²) in [6.45, 7) is 2.03. The van der Waals surface area contributed by atoms with Gasteiger partial charge in [0, 0.05) is 18.0 Å². The molecule has 0 fully saturated rings. The molecule has 0 aliphatic carbocycles. The average Bonchev–Trinajstić information content (AvgIpc) is 3.19. The molecule has 106 valence electrons. The van der Waals surface area contributed by atoms with Crippen LogP contribution in [-0.2, 0) is 4.74 Å². The van der Waals surface area contributed by atoms with Gasteiger partial charge in [-0.2, -0.15) is 10.3 Å². The lowest BCUT2D eigenvalue weighted by atomic mass is 10.1. The lowest BCUT2D eigenvalue weighted by Crippen LogP contribution is -2.07. The van der Waals surface area contributed by atoms with E-state index in [1.807, 2.05) is 35.0 Å². The third-order valence-electron chi connectivity index (χ3n) is 2.96. The second-order valence-corrected chi connectivity index (χ2v) is 4.23. The molecule has 0 saturated carbocycles. The molecule has 0 saturated heterocycles. The van der Waals surface area contributed by atoms with Crippen molar-refractivity contribution in [1.82, 2.24) is 25.0 Å². The maximum absolute atomic E-state index is 11.9. The highest BCUT2D eigenvalue weighted by Crippen LogP contribution is 2.27. The molecule has 3 aromatic rings. The maximum atomic E-state index is 11.9. The molecule has 21 heavy (non-hydrogen) atoms. The van der Waals surface area contributed by atoms with E-state index >= 15 is 0 Å². The van der Waals surface area contributed by atoms with Crippen LogP contribution in [0.5, 0.6) is 0 Å². The van der Waals surface area contributed by atoms with Crippen molar-refractivity contribution < 1.29 is 9.53 Å². The SMILES string of the molecule is CCOC(=O)c1n[nH]nc1-c1ccccc1-n1ccnc1. The topological polar surface area (TPSA) is 85.7 Å². The normalized spacial score (nSPS) is 10.5. The molecule has 2 aromatic heterocycles. The Labute approximate surface area is 120 Å². The van der Waals surface area contributed by atoms with Crippen LogP contribution < -0.4 is 0 Å². The Balaban J connectivity index is 2.10. The number of hydrogen-bond acceptors (Lipinski definition) is 5. The second kappa shape index (κ2) is 5.58. The number of rotatable bonds is 4. The number of carbonyl (C=O) groups excluding carboxylic acids is 1. The Kier molecular flexibility index (Phi) is 3.46. The van der Waals surface area contributed by atoms with Gasteiger partial charge in [-0.15, -0.1) is 5.10 Å². The maximum Gasteiger partial charge on any atom is 0.361 e. The van der Waals surface area contributed by atoms with E-state index in [0.717, 1.165) is 11.3 Å². The minimum Gasteiger partial charge on any atom is -0.461 e. The molecule has 3 rings (SSSR count).